The molecular weight excluding hydrogens is 458 g/mol. The molecule has 3 aromatic rings. The third-order valence-electron chi connectivity index (χ3n) is 5.25. The first-order valence-corrected chi connectivity index (χ1v) is 12.6. The van der Waals surface area contributed by atoms with E-state index in [1.165, 1.54) is 33.9 Å². The second-order valence-corrected chi connectivity index (χ2v) is 10.7. The molecule has 2 heterocycles. The van der Waals surface area contributed by atoms with Gasteiger partial charge in [-0.05, 0) is 54.0 Å². The summed E-state index contributed by atoms with van der Waals surface area (Å²) in [6.45, 7) is 3.92. The molecule has 2 N–H and O–H groups in total. The van der Waals surface area contributed by atoms with Gasteiger partial charge in [0, 0.05) is 30.1 Å². The van der Waals surface area contributed by atoms with Crippen LogP contribution in [0.5, 0.6) is 0 Å². The number of benzene rings is 2. The Morgan fingerprint density at radius 2 is 1.76 bits per heavy atom. The van der Waals surface area contributed by atoms with E-state index in [0.29, 0.717) is 23.5 Å². The maximum atomic E-state index is 13.1. The highest BCUT2D eigenvalue weighted by Crippen LogP contribution is 2.37. The number of thiophene rings is 1. The third kappa shape index (κ3) is 5.39. The smallest absolute Gasteiger partial charge is 0.248 e. The summed E-state index contributed by atoms with van der Waals surface area (Å²) >= 11 is 1.36. The molecular formula is C24H23N3O4S2. The molecule has 2 aromatic carbocycles. The maximum absolute atomic E-state index is 13.1. The van der Waals surface area contributed by atoms with Crippen molar-refractivity contribution in [3.05, 3.63) is 89.3 Å². The standard InChI is InChI=1S/C24H23N3O4S2/c1-2-22(28)26-24-14-18-15-27(16-21(18)32-24)33(30,31)20-11-9-19(10-12-20)25-23(29)13-8-17-6-4-3-5-7-17/h2-7,9-12,14H,1,8,13,15-16H2,(H,25,29)(H,26,28). The molecule has 0 radical (unpaired) electrons. The average molecular weight is 482 g/mol. The van der Waals surface area contributed by atoms with Gasteiger partial charge in [0.2, 0.25) is 21.8 Å². The van der Waals surface area contributed by atoms with Gasteiger partial charge in [-0.1, -0.05) is 36.9 Å². The highest BCUT2D eigenvalue weighted by Gasteiger charge is 2.32. The number of aryl methyl sites for hydroxylation is 1. The van der Waals surface area contributed by atoms with Gasteiger partial charge in [0.05, 0.1) is 9.90 Å². The van der Waals surface area contributed by atoms with Crippen molar-refractivity contribution in [3.8, 4) is 0 Å². The first-order chi connectivity index (χ1) is 15.8. The van der Waals surface area contributed by atoms with Gasteiger partial charge >= 0.3 is 0 Å². The predicted octanol–water partition coefficient (Wildman–Crippen LogP) is 4.15. The molecule has 9 heteroatoms. The number of rotatable bonds is 8. The average Bonchev–Trinajstić information content (AvgIpc) is 3.38. The number of fused-ring (bicyclic) bond motifs is 1. The molecule has 0 spiro atoms. The van der Waals surface area contributed by atoms with Gasteiger partial charge in [0.25, 0.3) is 0 Å². The first-order valence-electron chi connectivity index (χ1n) is 10.3. The van der Waals surface area contributed by atoms with E-state index in [-0.39, 0.29) is 29.8 Å². The lowest BCUT2D eigenvalue weighted by Crippen LogP contribution is -2.25. The molecule has 1 aliphatic heterocycles. The normalized spacial score (nSPS) is 13.3. The van der Waals surface area contributed by atoms with E-state index >= 15 is 0 Å². The monoisotopic (exact) mass is 481 g/mol. The Hall–Kier alpha value is -3.27. The zero-order valence-corrected chi connectivity index (χ0v) is 19.4. The number of amides is 2. The molecule has 170 valence electrons. The van der Waals surface area contributed by atoms with Crippen molar-refractivity contribution in [2.75, 3.05) is 10.6 Å². The van der Waals surface area contributed by atoms with Gasteiger partial charge in [0.1, 0.15) is 0 Å². The molecule has 0 unspecified atom stereocenters. The summed E-state index contributed by atoms with van der Waals surface area (Å²) in [6, 6.07) is 17.8. The van der Waals surface area contributed by atoms with Gasteiger partial charge in [0.15, 0.2) is 0 Å². The Bertz CT molecular complexity index is 1260. The predicted molar refractivity (Wildman–Crippen MR) is 129 cm³/mol. The van der Waals surface area contributed by atoms with Crippen LogP contribution in [-0.4, -0.2) is 24.5 Å². The number of carbonyl (C=O) groups excluding carboxylic acids is 2. The van der Waals surface area contributed by atoms with E-state index in [1.54, 1.807) is 18.2 Å². The van der Waals surface area contributed by atoms with Crippen LogP contribution in [-0.2, 0) is 39.1 Å². The fourth-order valence-electron chi connectivity index (χ4n) is 3.53. The number of sulfonamides is 1. The van der Waals surface area contributed by atoms with Crippen molar-refractivity contribution in [3.63, 3.8) is 0 Å². The van der Waals surface area contributed by atoms with Crippen molar-refractivity contribution in [2.45, 2.75) is 30.8 Å². The van der Waals surface area contributed by atoms with E-state index < -0.39 is 10.0 Å². The number of hydrogen-bond acceptors (Lipinski definition) is 5. The number of nitrogens with one attached hydrogen (secondary N) is 2. The van der Waals surface area contributed by atoms with Gasteiger partial charge in [-0.25, -0.2) is 8.42 Å². The van der Waals surface area contributed by atoms with Crippen molar-refractivity contribution < 1.29 is 18.0 Å². The van der Waals surface area contributed by atoms with Crippen molar-refractivity contribution in [2.24, 2.45) is 0 Å². The molecule has 0 saturated heterocycles. The largest absolute Gasteiger partial charge is 0.326 e. The molecule has 0 aliphatic carbocycles. The second kappa shape index (κ2) is 9.70. The summed E-state index contributed by atoms with van der Waals surface area (Å²) < 4.78 is 27.5. The Morgan fingerprint density at radius 3 is 2.42 bits per heavy atom. The van der Waals surface area contributed by atoms with Gasteiger partial charge in [-0.15, -0.1) is 11.3 Å². The number of carbonyl (C=O) groups is 2. The maximum Gasteiger partial charge on any atom is 0.248 e. The lowest BCUT2D eigenvalue weighted by molar-refractivity contribution is -0.116. The van der Waals surface area contributed by atoms with Gasteiger partial charge in [-0.3, -0.25) is 9.59 Å². The summed E-state index contributed by atoms with van der Waals surface area (Å²) in [5, 5.41) is 6.19. The summed E-state index contributed by atoms with van der Waals surface area (Å²) in [4.78, 5) is 24.7. The van der Waals surface area contributed by atoms with Crippen molar-refractivity contribution >= 4 is 43.9 Å². The Kier molecular flexibility index (Phi) is 6.73. The van der Waals surface area contributed by atoms with Crippen LogP contribution in [0.3, 0.4) is 0 Å². The first kappa shape index (κ1) is 22.9. The molecule has 1 aliphatic rings. The molecule has 0 fully saturated rings. The van der Waals surface area contributed by atoms with Gasteiger partial charge in [-0.2, -0.15) is 4.31 Å². The quantitative estimate of drug-likeness (QED) is 0.473. The lowest BCUT2D eigenvalue weighted by Gasteiger charge is -2.16. The Balaban J connectivity index is 1.35. The van der Waals surface area contributed by atoms with Crippen LogP contribution in [0.25, 0.3) is 0 Å². The van der Waals surface area contributed by atoms with Gasteiger partial charge < -0.3 is 10.6 Å². The molecule has 33 heavy (non-hydrogen) atoms. The Morgan fingerprint density at radius 1 is 1.03 bits per heavy atom. The van der Waals surface area contributed by atoms with E-state index in [0.717, 1.165) is 16.0 Å². The number of nitrogens with zero attached hydrogens (tertiary/aromatic N) is 1. The number of anilines is 2. The molecule has 1 aromatic heterocycles. The summed E-state index contributed by atoms with van der Waals surface area (Å²) in [5.74, 6) is -0.426. The number of hydrogen-bond donors (Lipinski definition) is 2. The van der Waals surface area contributed by atoms with E-state index in [4.69, 9.17) is 0 Å². The minimum absolute atomic E-state index is 0.127. The molecule has 4 rings (SSSR count). The van der Waals surface area contributed by atoms with Crippen LogP contribution in [0.15, 0.2) is 78.2 Å². The zero-order valence-electron chi connectivity index (χ0n) is 17.8. The van der Waals surface area contributed by atoms with Crippen molar-refractivity contribution in [1.29, 1.82) is 0 Å². The van der Waals surface area contributed by atoms with Crippen LogP contribution in [0.4, 0.5) is 10.7 Å². The third-order valence-corrected chi connectivity index (χ3v) is 8.14. The van der Waals surface area contributed by atoms with E-state index in [1.807, 2.05) is 30.3 Å². The SMILES string of the molecule is C=CC(=O)Nc1cc2c(s1)CN(S(=O)(=O)c1ccc(NC(=O)CCc3ccccc3)cc1)C2. The summed E-state index contributed by atoms with van der Waals surface area (Å²) in [5.41, 5.74) is 2.52. The summed E-state index contributed by atoms with van der Waals surface area (Å²) in [7, 11) is -3.68. The molecule has 0 saturated carbocycles. The van der Waals surface area contributed by atoms with Crippen LogP contribution in [0.1, 0.15) is 22.4 Å². The molecule has 7 nitrogen and oxygen atoms in total. The van der Waals surface area contributed by atoms with Crippen LogP contribution in [0, 0.1) is 0 Å². The van der Waals surface area contributed by atoms with Crippen LogP contribution >= 0.6 is 11.3 Å². The second-order valence-electron chi connectivity index (χ2n) is 7.58. The van der Waals surface area contributed by atoms with E-state index in [9.17, 15) is 18.0 Å². The molecule has 2 amide bonds. The fourth-order valence-corrected chi connectivity index (χ4v) is 6.09. The summed E-state index contributed by atoms with van der Waals surface area (Å²) in [6.07, 6.45) is 2.17. The lowest BCUT2D eigenvalue weighted by atomic mass is 10.1. The highest BCUT2D eigenvalue weighted by atomic mass is 32.2. The molecule has 0 atom stereocenters. The van der Waals surface area contributed by atoms with Crippen LogP contribution in [0.2, 0.25) is 0 Å². The Labute approximate surface area is 196 Å². The van der Waals surface area contributed by atoms with Crippen LogP contribution < -0.4 is 10.6 Å². The minimum atomic E-state index is -3.68. The fraction of sp³-hybridized carbons (Fsp3) is 0.167. The minimum Gasteiger partial charge on any atom is -0.326 e. The van der Waals surface area contributed by atoms with E-state index in [2.05, 4.69) is 17.2 Å². The topological polar surface area (TPSA) is 95.6 Å². The van der Waals surface area contributed by atoms with Crippen molar-refractivity contribution in [1.82, 2.24) is 4.31 Å². The highest BCUT2D eigenvalue weighted by molar-refractivity contribution is 7.89. The zero-order chi connectivity index (χ0) is 23.4. The molecule has 0 bridgehead atoms.